The standard InChI is InChI=1S/C32H29N3O8S/c1-5-42-31(37)28-19(2)33-32-34(29(28)25-17-24(40-3)14-15-26(25)41-4)30(36)27(44-32)16-20-8-12-23(13-9-20)43-18-21-6-10-22(11-7-21)35(38)39/h6-17,29H,5,18H2,1-4H3/b27-16-/t29-/m1/s1. The number of nitro groups is 1. The first-order chi connectivity index (χ1) is 21.2. The van der Waals surface area contributed by atoms with Gasteiger partial charge in [-0.1, -0.05) is 23.5 Å². The van der Waals surface area contributed by atoms with Crippen LogP contribution in [0.15, 0.2) is 87.8 Å². The number of carbonyl (C=O) groups excluding carboxylic acids is 1. The molecule has 1 aromatic heterocycles. The topological polar surface area (TPSA) is 131 Å². The quantitative estimate of drug-likeness (QED) is 0.147. The van der Waals surface area contributed by atoms with Gasteiger partial charge in [0.25, 0.3) is 11.2 Å². The lowest BCUT2D eigenvalue weighted by atomic mass is 9.94. The Labute approximate surface area is 256 Å². The number of non-ortho nitro benzene ring substituents is 1. The fraction of sp³-hybridized carbons (Fsp3) is 0.219. The number of nitrogens with zero attached hydrogens (tertiary/aromatic N) is 3. The number of carbonyl (C=O) groups is 1. The molecule has 0 bridgehead atoms. The third-order valence-corrected chi connectivity index (χ3v) is 7.96. The molecule has 226 valence electrons. The van der Waals surface area contributed by atoms with Crippen LogP contribution in [-0.2, 0) is 16.1 Å². The molecule has 4 aromatic rings. The average molecular weight is 616 g/mol. The van der Waals surface area contributed by atoms with E-state index in [1.165, 1.54) is 42.3 Å². The highest BCUT2D eigenvalue weighted by Gasteiger charge is 2.35. The van der Waals surface area contributed by atoms with Gasteiger partial charge >= 0.3 is 5.97 Å². The molecule has 0 spiro atoms. The molecule has 0 radical (unpaired) electrons. The number of rotatable bonds is 10. The maximum Gasteiger partial charge on any atom is 0.338 e. The lowest BCUT2D eigenvalue weighted by Gasteiger charge is -2.26. The summed E-state index contributed by atoms with van der Waals surface area (Å²) in [5, 5.41) is 10.9. The van der Waals surface area contributed by atoms with Crippen molar-refractivity contribution >= 4 is 29.1 Å². The lowest BCUT2D eigenvalue weighted by molar-refractivity contribution is -0.384. The third-order valence-electron chi connectivity index (χ3n) is 6.98. The van der Waals surface area contributed by atoms with Crippen LogP contribution in [0.25, 0.3) is 6.08 Å². The molecule has 0 saturated heterocycles. The van der Waals surface area contributed by atoms with E-state index < -0.39 is 16.9 Å². The van der Waals surface area contributed by atoms with Crippen molar-refractivity contribution in [2.24, 2.45) is 4.99 Å². The number of esters is 1. The van der Waals surface area contributed by atoms with Gasteiger partial charge in [-0.3, -0.25) is 19.5 Å². The van der Waals surface area contributed by atoms with Crippen LogP contribution in [0.5, 0.6) is 17.2 Å². The van der Waals surface area contributed by atoms with Crippen LogP contribution in [-0.4, -0.2) is 36.3 Å². The van der Waals surface area contributed by atoms with E-state index >= 15 is 0 Å². The summed E-state index contributed by atoms with van der Waals surface area (Å²) < 4.78 is 24.2. The molecule has 5 rings (SSSR count). The molecule has 11 nitrogen and oxygen atoms in total. The summed E-state index contributed by atoms with van der Waals surface area (Å²) >= 11 is 1.22. The summed E-state index contributed by atoms with van der Waals surface area (Å²) in [5.74, 6) is 1.05. The Hall–Kier alpha value is -5.23. The van der Waals surface area contributed by atoms with Gasteiger partial charge in [0.05, 0.1) is 41.6 Å². The molecule has 12 heteroatoms. The third kappa shape index (κ3) is 6.11. The van der Waals surface area contributed by atoms with Crippen molar-refractivity contribution < 1.29 is 28.7 Å². The molecule has 0 N–H and O–H groups in total. The summed E-state index contributed by atoms with van der Waals surface area (Å²) in [6, 6.07) is 17.7. The number of thiazole rings is 1. The maximum atomic E-state index is 13.9. The normalized spacial score (nSPS) is 14.5. The molecule has 0 fully saturated rings. The van der Waals surface area contributed by atoms with Crippen molar-refractivity contribution in [3.05, 3.63) is 124 Å². The minimum absolute atomic E-state index is 0.0182. The van der Waals surface area contributed by atoms with E-state index in [9.17, 15) is 19.7 Å². The summed E-state index contributed by atoms with van der Waals surface area (Å²) in [6.45, 7) is 3.84. The molecular formula is C32H29N3O8S. The lowest BCUT2D eigenvalue weighted by Crippen LogP contribution is -2.40. The van der Waals surface area contributed by atoms with Gasteiger partial charge in [0.2, 0.25) is 0 Å². The van der Waals surface area contributed by atoms with Crippen LogP contribution in [0.3, 0.4) is 0 Å². The van der Waals surface area contributed by atoms with Crippen molar-refractivity contribution in [2.75, 3.05) is 20.8 Å². The second-order valence-electron chi connectivity index (χ2n) is 9.69. The number of aromatic nitrogens is 1. The zero-order valence-electron chi connectivity index (χ0n) is 24.4. The van der Waals surface area contributed by atoms with Crippen LogP contribution >= 0.6 is 11.3 Å². The van der Waals surface area contributed by atoms with Crippen LogP contribution in [0, 0.1) is 10.1 Å². The number of fused-ring (bicyclic) bond motifs is 1. The smallest absolute Gasteiger partial charge is 0.338 e. The van der Waals surface area contributed by atoms with Gasteiger partial charge in [-0.25, -0.2) is 9.79 Å². The van der Waals surface area contributed by atoms with Gasteiger partial charge in [0.15, 0.2) is 4.80 Å². The minimum atomic E-state index is -0.854. The Kier molecular flexibility index (Phi) is 8.91. The van der Waals surface area contributed by atoms with Crippen LogP contribution in [0.4, 0.5) is 5.69 Å². The number of nitro benzene ring substituents is 1. The summed E-state index contributed by atoms with van der Waals surface area (Å²) in [6.07, 6.45) is 1.76. The Balaban J connectivity index is 1.50. The Morgan fingerprint density at radius 1 is 1.05 bits per heavy atom. The second-order valence-corrected chi connectivity index (χ2v) is 10.7. The highest BCUT2D eigenvalue weighted by molar-refractivity contribution is 7.07. The molecule has 3 aromatic carbocycles. The summed E-state index contributed by atoms with van der Waals surface area (Å²) in [7, 11) is 3.06. The fourth-order valence-corrected chi connectivity index (χ4v) is 5.88. The second kappa shape index (κ2) is 13.0. The van der Waals surface area contributed by atoms with E-state index in [4.69, 9.17) is 18.9 Å². The number of allylic oxidation sites excluding steroid dienone is 1. The molecule has 1 aliphatic rings. The van der Waals surface area contributed by atoms with Crippen molar-refractivity contribution in [1.82, 2.24) is 4.57 Å². The van der Waals surface area contributed by atoms with Crippen LogP contribution in [0.2, 0.25) is 0 Å². The Morgan fingerprint density at radius 3 is 2.39 bits per heavy atom. The van der Waals surface area contributed by atoms with E-state index in [0.29, 0.717) is 37.8 Å². The van der Waals surface area contributed by atoms with Crippen molar-refractivity contribution in [2.45, 2.75) is 26.5 Å². The van der Waals surface area contributed by atoms with Crippen molar-refractivity contribution in [1.29, 1.82) is 0 Å². The first-order valence-electron chi connectivity index (χ1n) is 13.6. The first kappa shape index (κ1) is 30.2. The van der Waals surface area contributed by atoms with E-state index in [0.717, 1.165) is 11.1 Å². The molecule has 0 amide bonds. The van der Waals surface area contributed by atoms with Gasteiger partial charge in [-0.15, -0.1) is 0 Å². The predicted octanol–water partition coefficient (Wildman–Crippen LogP) is 4.30. The maximum absolute atomic E-state index is 13.9. The van der Waals surface area contributed by atoms with Gasteiger partial charge < -0.3 is 18.9 Å². The largest absolute Gasteiger partial charge is 0.497 e. The molecule has 0 aliphatic carbocycles. The van der Waals surface area contributed by atoms with Crippen molar-refractivity contribution in [3.8, 4) is 17.2 Å². The molecule has 0 saturated carbocycles. The van der Waals surface area contributed by atoms with Crippen LogP contribution < -0.4 is 29.1 Å². The Bertz CT molecular complexity index is 1930. The highest BCUT2D eigenvalue weighted by atomic mass is 32.1. The van der Waals surface area contributed by atoms with Gasteiger partial charge in [0, 0.05) is 17.7 Å². The van der Waals surface area contributed by atoms with E-state index in [1.807, 2.05) is 12.1 Å². The van der Waals surface area contributed by atoms with E-state index in [-0.39, 0.29) is 30.0 Å². The molecule has 44 heavy (non-hydrogen) atoms. The average Bonchev–Trinajstić information content (AvgIpc) is 3.33. The van der Waals surface area contributed by atoms with Gasteiger partial charge in [-0.05, 0) is 73.5 Å². The zero-order valence-corrected chi connectivity index (χ0v) is 25.3. The zero-order chi connectivity index (χ0) is 31.4. The monoisotopic (exact) mass is 615 g/mol. The first-order valence-corrected chi connectivity index (χ1v) is 14.4. The molecule has 0 unspecified atom stereocenters. The molecule has 2 heterocycles. The SMILES string of the molecule is CCOC(=O)C1=C(C)N=c2s/c(=C\c3ccc(OCc4ccc([N+](=O)[O-])cc4)cc3)c(=O)n2[C@@H]1c1cc(OC)ccc1OC. The number of hydrogen-bond donors (Lipinski definition) is 0. The molecular weight excluding hydrogens is 586 g/mol. The number of ether oxygens (including phenoxy) is 4. The highest BCUT2D eigenvalue weighted by Crippen LogP contribution is 2.37. The molecule has 1 aliphatic heterocycles. The number of hydrogen-bond acceptors (Lipinski definition) is 10. The summed E-state index contributed by atoms with van der Waals surface area (Å²) in [5.41, 5.74) is 2.50. The summed E-state index contributed by atoms with van der Waals surface area (Å²) in [4.78, 5) is 42.6. The van der Waals surface area contributed by atoms with E-state index in [2.05, 4.69) is 4.99 Å². The fourth-order valence-electron chi connectivity index (χ4n) is 4.83. The minimum Gasteiger partial charge on any atom is -0.497 e. The van der Waals surface area contributed by atoms with Crippen LogP contribution in [0.1, 0.15) is 36.6 Å². The predicted molar refractivity (Wildman–Crippen MR) is 164 cm³/mol. The number of methoxy groups -OCH3 is 2. The molecule has 1 atom stereocenters. The van der Waals surface area contributed by atoms with Gasteiger partial charge in [0.1, 0.15) is 29.9 Å². The number of benzene rings is 3. The Morgan fingerprint density at radius 2 is 1.75 bits per heavy atom. The van der Waals surface area contributed by atoms with Crippen molar-refractivity contribution in [3.63, 3.8) is 0 Å². The van der Waals surface area contributed by atoms with E-state index in [1.54, 1.807) is 62.4 Å². The van der Waals surface area contributed by atoms with Gasteiger partial charge in [-0.2, -0.15) is 0 Å².